The minimum atomic E-state index is -0.521. The maximum atomic E-state index is 14.2. The van der Waals surface area contributed by atoms with Crippen LogP contribution in [0.3, 0.4) is 0 Å². The summed E-state index contributed by atoms with van der Waals surface area (Å²) < 4.78 is 20.9. The van der Waals surface area contributed by atoms with Gasteiger partial charge >= 0.3 is 0 Å². The number of hydrogen-bond acceptors (Lipinski definition) is 4. The van der Waals surface area contributed by atoms with Crippen LogP contribution in [0.25, 0.3) is 10.2 Å². The number of aromatic nitrogens is 1. The van der Waals surface area contributed by atoms with Gasteiger partial charge in [0.1, 0.15) is 5.82 Å². The molecule has 0 bridgehead atoms. The quantitative estimate of drug-likeness (QED) is 0.676. The van der Waals surface area contributed by atoms with Gasteiger partial charge in [0, 0.05) is 6.61 Å². The molecule has 4 rings (SSSR count). The van der Waals surface area contributed by atoms with Crippen molar-refractivity contribution in [2.45, 2.75) is 25.9 Å². The average Bonchev–Trinajstić information content (AvgIpc) is 3.29. The number of thiazole rings is 1. The molecule has 1 saturated heterocycles. The summed E-state index contributed by atoms with van der Waals surface area (Å²) in [5, 5.41) is 0.582. The summed E-state index contributed by atoms with van der Waals surface area (Å²) >= 11 is 1.45. The highest BCUT2D eigenvalue weighted by molar-refractivity contribution is 7.22. The van der Waals surface area contributed by atoms with Crippen LogP contribution in [0.4, 0.5) is 9.52 Å². The Labute approximate surface area is 155 Å². The molecule has 134 valence electrons. The molecule has 0 N–H and O–H groups in total. The summed E-state index contributed by atoms with van der Waals surface area (Å²) in [4.78, 5) is 19.4. The second-order valence-corrected chi connectivity index (χ2v) is 7.46. The third-order valence-electron chi connectivity index (χ3n) is 4.60. The molecule has 1 fully saturated rings. The molecule has 2 heterocycles. The Morgan fingerprint density at radius 2 is 2.15 bits per heavy atom. The van der Waals surface area contributed by atoms with Gasteiger partial charge in [0.25, 0.3) is 5.91 Å². The summed E-state index contributed by atoms with van der Waals surface area (Å²) in [6.07, 6.45) is 1.83. The monoisotopic (exact) mass is 370 g/mol. The Morgan fingerprint density at radius 3 is 2.88 bits per heavy atom. The van der Waals surface area contributed by atoms with Gasteiger partial charge in [-0.1, -0.05) is 35.6 Å². The summed E-state index contributed by atoms with van der Waals surface area (Å²) in [6, 6.07) is 12.0. The van der Waals surface area contributed by atoms with Crippen molar-refractivity contribution in [2.75, 3.05) is 18.1 Å². The van der Waals surface area contributed by atoms with Gasteiger partial charge < -0.3 is 4.74 Å². The maximum Gasteiger partial charge on any atom is 0.263 e. The fraction of sp³-hybridized carbons (Fsp3) is 0.300. The first-order valence-electron chi connectivity index (χ1n) is 8.67. The molecule has 1 aliphatic heterocycles. The number of rotatable bonds is 4. The molecule has 26 heavy (non-hydrogen) atoms. The topological polar surface area (TPSA) is 42.4 Å². The molecule has 0 saturated carbocycles. The van der Waals surface area contributed by atoms with Gasteiger partial charge in [0.05, 0.1) is 28.4 Å². The van der Waals surface area contributed by atoms with Crippen molar-refractivity contribution in [1.82, 2.24) is 4.98 Å². The van der Waals surface area contributed by atoms with Gasteiger partial charge in [-0.15, -0.1) is 0 Å². The zero-order valence-corrected chi connectivity index (χ0v) is 15.3. The molecule has 1 aromatic heterocycles. The van der Waals surface area contributed by atoms with Crippen molar-refractivity contribution in [1.29, 1.82) is 0 Å². The number of halogens is 1. The first kappa shape index (κ1) is 17.1. The SMILES string of the molecule is Cc1cccc2sc(N(CC3CCCO3)C(=O)c3ccccc3F)nc12. The fourth-order valence-electron chi connectivity index (χ4n) is 3.21. The van der Waals surface area contributed by atoms with E-state index in [0.717, 1.165) is 28.6 Å². The normalized spacial score (nSPS) is 16.9. The molecular weight excluding hydrogens is 351 g/mol. The third-order valence-corrected chi connectivity index (χ3v) is 5.64. The first-order chi connectivity index (χ1) is 12.6. The number of hydrogen-bond donors (Lipinski definition) is 0. The van der Waals surface area contributed by atoms with Crippen molar-refractivity contribution in [2.24, 2.45) is 0 Å². The zero-order chi connectivity index (χ0) is 18.1. The largest absolute Gasteiger partial charge is 0.376 e. The van der Waals surface area contributed by atoms with Gasteiger partial charge in [0.2, 0.25) is 0 Å². The van der Waals surface area contributed by atoms with E-state index in [-0.39, 0.29) is 17.6 Å². The van der Waals surface area contributed by atoms with Crippen LogP contribution in [0.5, 0.6) is 0 Å². The molecule has 4 nitrogen and oxygen atoms in total. The van der Waals surface area contributed by atoms with Crippen LogP contribution < -0.4 is 4.90 Å². The standard InChI is InChI=1S/C20H19FN2O2S/c1-13-6-4-10-17-18(13)22-20(26-17)23(12-14-7-5-11-25-14)19(24)15-8-2-3-9-16(15)21/h2-4,6,8-10,14H,5,7,11-12H2,1H3. The highest BCUT2D eigenvalue weighted by Gasteiger charge is 2.28. The number of para-hydroxylation sites is 1. The molecule has 1 unspecified atom stereocenters. The summed E-state index contributed by atoms with van der Waals surface area (Å²) in [6.45, 7) is 3.08. The van der Waals surface area contributed by atoms with Crippen molar-refractivity contribution in [3.05, 3.63) is 59.4 Å². The Bertz CT molecular complexity index is 950. The average molecular weight is 370 g/mol. The summed E-state index contributed by atoms with van der Waals surface area (Å²) in [5.74, 6) is -0.901. The highest BCUT2D eigenvalue weighted by Crippen LogP contribution is 2.32. The molecule has 2 aromatic carbocycles. The van der Waals surface area contributed by atoms with Gasteiger partial charge in [-0.05, 0) is 43.5 Å². The van der Waals surface area contributed by atoms with Crippen LogP contribution in [-0.4, -0.2) is 30.1 Å². The second kappa shape index (κ2) is 7.13. The maximum absolute atomic E-state index is 14.2. The Balaban J connectivity index is 1.75. The molecular formula is C20H19FN2O2S. The Kier molecular flexibility index (Phi) is 4.70. The third kappa shape index (κ3) is 3.22. The number of ether oxygens (including phenoxy) is 1. The number of amides is 1. The van der Waals surface area contributed by atoms with E-state index < -0.39 is 5.82 Å². The fourth-order valence-corrected chi connectivity index (χ4v) is 4.26. The van der Waals surface area contributed by atoms with E-state index in [0.29, 0.717) is 18.3 Å². The number of carbonyl (C=O) groups excluding carboxylic acids is 1. The van der Waals surface area contributed by atoms with Crippen molar-refractivity contribution in [3.8, 4) is 0 Å². The van der Waals surface area contributed by atoms with Crippen LogP contribution in [-0.2, 0) is 4.74 Å². The van der Waals surface area contributed by atoms with Crippen LogP contribution >= 0.6 is 11.3 Å². The molecule has 1 atom stereocenters. The van der Waals surface area contributed by atoms with Crippen LogP contribution in [0.2, 0.25) is 0 Å². The van der Waals surface area contributed by atoms with Gasteiger partial charge in [0.15, 0.2) is 5.13 Å². The van der Waals surface area contributed by atoms with E-state index in [1.165, 1.54) is 23.5 Å². The molecule has 0 aliphatic carbocycles. The number of anilines is 1. The molecule has 0 spiro atoms. The van der Waals surface area contributed by atoms with Crippen molar-refractivity contribution >= 4 is 32.6 Å². The number of carbonyl (C=O) groups is 1. The van der Waals surface area contributed by atoms with E-state index in [1.54, 1.807) is 17.0 Å². The van der Waals surface area contributed by atoms with Gasteiger partial charge in [-0.2, -0.15) is 0 Å². The lowest BCUT2D eigenvalue weighted by atomic mass is 10.1. The highest BCUT2D eigenvalue weighted by atomic mass is 32.1. The van der Waals surface area contributed by atoms with E-state index >= 15 is 0 Å². The number of benzene rings is 2. The minimum absolute atomic E-state index is 0.0427. The lowest BCUT2D eigenvalue weighted by Gasteiger charge is -2.23. The van der Waals surface area contributed by atoms with Crippen LogP contribution in [0.1, 0.15) is 28.8 Å². The zero-order valence-electron chi connectivity index (χ0n) is 14.4. The number of nitrogens with zero attached hydrogens (tertiary/aromatic N) is 2. The van der Waals surface area contributed by atoms with Crippen molar-refractivity contribution in [3.63, 3.8) is 0 Å². The lowest BCUT2D eigenvalue weighted by Crippen LogP contribution is -2.37. The number of aryl methyl sites for hydroxylation is 1. The molecule has 6 heteroatoms. The second-order valence-electron chi connectivity index (χ2n) is 6.45. The Hall–Kier alpha value is -2.31. The predicted octanol–water partition coefficient (Wildman–Crippen LogP) is 4.57. The number of fused-ring (bicyclic) bond motifs is 1. The van der Waals surface area contributed by atoms with Gasteiger partial charge in [-0.3, -0.25) is 9.69 Å². The van der Waals surface area contributed by atoms with E-state index in [1.807, 2.05) is 25.1 Å². The minimum Gasteiger partial charge on any atom is -0.376 e. The van der Waals surface area contributed by atoms with Crippen LogP contribution in [0.15, 0.2) is 42.5 Å². The van der Waals surface area contributed by atoms with E-state index in [9.17, 15) is 9.18 Å². The molecule has 0 radical (unpaired) electrons. The van der Waals surface area contributed by atoms with E-state index in [4.69, 9.17) is 4.74 Å². The molecule has 1 aliphatic rings. The van der Waals surface area contributed by atoms with Crippen LogP contribution in [0, 0.1) is 12.7 Å². The Morgan fingerprint density at radius 1 is 1.31 bits per heavy atom. The predicted molar refractivity (Wildman–Crippen MR) is 101 cm³/mol. The van der Waals surface area contributed by atoms with Crippen molar-refractivity contribution < 1.29 is 13.9 Å². The molecule has 3 aromatic rings. The van der Waals surface area contributed by atoms with E-state index in [2.05, 4.69) is 4.98 Å². The smallest absolute Gasteiger partial charge is 0.263 e. The van der Waals surface area contributed by atoms with Gasteiger partial charge in [-0.25, -0.2) is 9.37 Å². The lowest BCUT2D eigenvalue weighted by molar-refractivity contribution is 0.0914. The first-order valence-corrected chi connectivity index (χ1v) is 9.49. The molecule has 1 amide bonds. The summed E-state index contributed by atoms with van der Waals surface area (Å²) in [7, 11) is 0. The summed E-state index contributed by atoms with van der Waals surface area (Å²) in [5.41, 5.74) is 1.99.